The molecule has 102 valence electrons. The minimum Gasteiger partial charge on any atom is -0.388 e. The molecule has 7 nitrogen and oxygen atoms in total. The van der Waals surface area contributed by atoms with Crippen LogP contribution in [0.2, 0.25) is 0 Å². The number of aromatic nitrogens is 3. The Bertz CT molecular complexity index is 620. The van der Waals surface area contributed by atoms with E-state index in [1.165, 1.54) is 29.2 Å². The molecule has 0 spiro atoms. The average molecular weight is 300 g/mol. The van der Waals surface area contributed by atoms with Crippen molar-refractivity contribution >= 4 is 28.8 Å². The third-order valence-corrected chi connectivity index (χ3v) is 5.07. The van der Waals surface area contributed by atoms with E-state index in [4.69, 9.17) is 0 Å². The molecule has 0 bridgehead atoms. The zero-order valence-electron chi connectivity index (χ0n) is 10.5. The topological polar surface area (TPSA) is 94.1 Å². The zero-order valence-corrected chi connectivity index (χ0v) is 12.2. The SMILES string of the molecule is Cc1nnc(Sc2sc([C@H](C)O)cc2[N+](=O)[O-])n1C. The number of hydrogen-bond acceptors (Lipinski definition) is 7. The first-order valence-electron chi connectivity index (χ1n) is 5.40. The third kappa shape index (κ3) is 2.77. The summed E-state index contributed by atoms with van der Waals surface area (Å²) >= 11 is 2.38. The first-order chi connectivity index (χ1) is 8.90. The van der Waals surface area contributed by atoms with Crippen LogP contribution in [0.15, 0.2) is 15.4 Å². The van der Waals surface area contributed by atoms with Crippen LogP contribution in [0.25, 0.3) is 0 Å². The predicted octanol–water partition coefficient (Wildman–Crippen LogP) is 2.30. The number of nitro groups is 1. The lowest BCUT2D eigenvalue weighted by Crippen LogP contribution is -1.93. The van der Waals surface area contributed by atoms with E-state index in [1.807, 2.05) is 0 Å². The number of aliphatic hydroxyl groups excluding tert-OH is 1. The molecule has 0 unspecified atom stereocenters. The van der Waals surface area contributed by atoms with E-state index in [9.17, 15) is 15.2 Å². The van der Waals surface area contributed by atoms with Gasteiger partial charge in [0, 0.05) is 18.0 Å². The molecule has 2 aromatic rings. The minimum absolute atomic E-state index is 0.00782. The molecule has 1 N–H and O–H groups in total. The van der Waals surface area contributed by atoms with Gasteiger partial charge in [-0.2, -0.15) is 0 Å². The van der Waals surface area contributed by atoms with Crippen LogP contribution >= 0.6 is 23.1 Å². The zero-order chi connectivity index (χ0) is 14.2. The summed E-state index contributed by atoms with van der Waals surface area (Å²) in [6.45, 7) is 3.39. The molecule has 0 aliphatic heterocycles. The molecule has 0 fully saturated rings. The summed E-state index contributed by atoms with van der Waals surface area (Å²) < 4.78 is 2.26. The fourth-order valence-electron chi connectivity index (χ4n) is 1.35. The number of aliphatic hydroxyl groups is 1. The summed E-state index contributed by atoms with van der Waals surface area (Å²) in [5.41, 5.74) is -0.00782. The molecule has 0 aromatic carbocycles. The van der Waals surface area contributed by atoms with Crippen LogP contribution < -0.4 is 0 Å². The van der Waals surface area contributed by atoms with Crippen LogP contribution in [-0.4, -0.2) is 24.8 Å². The molecule has 9 heteroatoms. The van der Waals surface area contributed by atoms with Gasteiger partial charge in [0.25, 0.3) is 5.69 Å². The van der Waals surface area contributed by atoms with Crippen molar-refractivity contribution in [2.45, 2.75) is 29.3 Å². The molecule has 0 radical (unpaired) electrons. The number of rotatable bonds is 4. The Hall–Kier alpha value is -1.45. The highest BCUT2D eigenvalue weighted by molar-refractivity contribution is 8.01. The summed E-state index contributed by atoms with van der Waals surface area (Å²) in [4.78, 5) is 11.1. The molecule has 1 atom stereocenters. The molecule has 0 saturated heterocycles. The van der Waals surface area contributed by atoms with Crippen molar-refractivity contribution in [3.8, 4) is 0 Å². The Morgan fingerprint density at radius 2 is 2.26 bits per heavy atom. The molecule has 2 rings (SSSR count). The summed E-state index contributed by atoms with van der Waals surface area (Å²) in [7, 11) is 1.80. The van der Waals surface area contributed by atoms with Gasteiger partial charge in [0.05, 0.1) is 11.0 Å². The van der Waals surface area contributed by atoms with E-state index >= 15 is 0 Å². The second-order valence-electron chi connectivity index (χ2n) is 3.95. The van der Waals surface area contributed by atoms with Gasteiger partial charge in [0.2, 0.25) is 0 Å². The highest BCUT2D eigenvalue weighted by Crippen LogP contribution is 2.42. The highest BCUT2D eigenvalue weighted by Gasteiger charge is 2.23. The van der Waals surface area contributed by atoms with Gasteiger partial charge in [0.1, 0.15) is 10.0 Å². The van der Waals surface area contributed by atoms with Crippen molar-refractivity contribution in [2.75, 3.05) is 0 Å². The number of hydrogen-bond donors (Lipinski definition) is 1. The number of thiophene rings is 1. The first-order valence-corrected chi connectivity index (χ1v) is 7.03. The largest absolute Gasteiger partial charge is 0.388 e. The minimum atomic E-state index is -0.723. The van der Waals surface area contributed by atoms with Gasteiger partial charge < -0.3 is 9.67 Å². The maximum atomic E-state index is 11.0. The Kier molecular flexibility index (Phi) is 3.88. The maximum absolute atomic E-state index is 11.0. The molecule has 0 aliphatic carbocycles. The van der Waals surface area contributed by atoms with E-state index in [0.29, 0.717) is 14.2 Å². The molecule has 19 heavy (non-hydrogen) atoms. The van der Waals surface area contributed by atoms with Gasteiger partial charge in [-0.1, -0.05) is 0 Å². The van der Waals surface area contributed by atoms with Gasteiger partial charge in [0.15, 0.2) is 5.16 Å². The van der Waals surface area contributed by atoms with Crippen LogP contribution in [0.3, 0.4) is 0 Å². The van der Waals surface area contributed by atoms with Crippen LogP contribution in [0.1, 0.15) is 23.7 Å². The lowest BCUT2D eigenvalue weighted by Gasteiger charge is -1.99. The first kappa shape index (κ1) is 14.0. The Morgan fingerprint density at radius 1 is 1.58 bits per heavy atom. The normalized spacial score (nSPS) is 12.6. The van der Waals surface area contributed by atoms with Crippen LogP contribution in [0.4, 0.5) is 5.69 Å². The molecular formula is C10H12N4O3S2. The maximum Gasteiger partial charge on any atom is 0.294 e. The van der Waals surface area contributed by atoms with Crippen molar-refractivity contribution in [3.05, 3.63) is 26.9 Å². The lowest BCUT2D eigenvalue weighted by molar-refractivity contribution is -0.387. The second kappa shape index (κ2) is 5.27. The highest BCUT2D eigenvalue weighted by atomic mass is 32.2. The van der Waals surface area contributed by atoms with Crippen molar-refractivity contribution in [1.29, 1.82) is 0 Å². The van der Waals surface area contributed by atoms with Gasteiger partial charge in [-0.25, -0.2) is 0 Å². The van der Waals surface area contributed by atoms with Crippen LogP contribution in [-0.2, 0) is 7.05 Å². The van der Waals surface area contributed by atoms with Crippen molar-refractivity contribution < 1.29 is 10.0 Å². The Labute approximate surface area is 117 Å². The van der Waals surface area contributed by atoms with E-state index in [0.717, 1.165) is 5.82 Å². The fourth-order valence-corrected chi connectivity index (χ4v) is 3.57. The van der Waals surface area contributed by atoms with Crippen LogP contribution in [0.5, 0.6) is 0 Å². The van der Waals surface area contributed by atoms with Crippen LogP contribution in [0, 0.1) is 17.0 Å². The smallest absolute Gasteiger partial charge is 0.294 e. The van der Waals surface area contributed by atoms with Crippen molar-refractivity contribution in [1.82, 2.24) is 14.8 Å². The number of nitrogens with zero attached hydrogens (tertiary/aromatic N) is 4. The lowest BCUT2D eigenvalue weighted by atomic mass is 10.3. The third-order valence-electron chi connectivity index (χ3n) is 2.54. The summed E-state index contributed by atoms with van der Waals surface area (Å²) in [5, 5.41) is 29.0. The Morgan fingerprint density at radius 3 is 2.74 bits per heavy atom. The van der Waals surface area contributed by atoms with Gasteiger partial charge >= 0.3 is 0 Å². The monoisotopic (exact) mass is 300 g/mol. The molecule has 0 aliphatic rings. The predicted molar refractivity (Wildman–Crippen MR) is 71.5 cm³/mol. The van der Waals surface area contributed by atoms with Gasteiger partial charge in [-0.3, -0.25) is 10.1 Å². The summed E-state index contributed by atoms with van der Waals surface area (Å²) in [6, 6.07) is 1.40. The second-order valence-corrected chi connectivity index (χ2v) is 6.27. The quantitative estimate of drug-likeness (QED) is 0.687. The Balaban J connectivity index is 2.38. The standard InChI is InChI=1S/C10H12N4O3S2/c1-5(15)8-4-7(14(16)17)9(18-8)19-10-12-11-6(2)13(10)3/h4-5,15H,1-3H3/t5-/m0/s1. The summed E-state index contributed by atoms with van der Waals surface area (Å²) in [5.74, 6) is 0.734. The summed E-state index contributed by atoms with van der Waals surface area (Å²) in [6.07, 6.45) is -0.723. The molecule has 2 heterocycles. The van der Waals surface area contributed by atoms with E-state index in [-0.39, 0.29) is 5.69 Å². The van der Waals surface area contributed by atoms with Crippen molar-refractivity contribution in [3.63, 3.8) is 0 Å². The molecule has 0 amide bonds. The van der Waals surface area contributed by atoms with E-state index < -0.39 is 11.0 Å². The molecular weight excluding hydrogens is 288 g/mol. The van der Waals surface area contributed by atoms with Gasteiger partial charge in [-0.15, -0.1) is 21.5 Å². The van der Waals surface area contributed by atoms with E-state index in [1.54, 1.807) is 25.5 Å². The van der Waals surface area contributed by atoms with Crippen molar-refractivity contribution in [2.24, 2.45) is 7.05 Å². The van der Waals surface area contributed by atoms with E-state index in [2.05, 4.69) is 10.2 Å². The fraction of sp³-hybridized carbons (Fsp3) is 0.400. The number of aryl methyl sites for hydroxylation is 1. The molecule has 2 aromatic heterocycles. The molecule has 0 saturated carbocycles. The average Bonchev–Trinajstić information content (AvgIpc) is 2.88. The van der Waals surface area contributed by atoms with Gasteiger partial charge in [-0.05, 0) is 25.6 Å².